The van der Waals surface area contributed by atoms with E-state index in [2.05, 4.69) is 26.1 Å². The van der Waals surface area contributed by atoms with Crippen molar-refractivity contribution in [1.29, 1.82) is 0 Å². The first-order valence-corrected chi connectivity index (χ1v) is 11.9. The zero-order chi connectivity index (χ0) is 21.0. The van der Waals surface area contributed by atoms with E-state index in [9.17, 15) is 4.79 Å². The van der Waals surface area contributed by atoms with Crippen LogP contribution in [0, 0.1) is 0 Å². The Balaban J connectivity index is 1.27. The van der Waals surface area contributed by atoms with Gasteiger partial charge in [-0.25, -0.2) is 0 Å². The Labute approximate surface area is 188 Å². The fraction of sp³-hybridized carbons (Fsp3) is 0.174. The summed E-state index contributed by atoms with van der Waals surface area (Å²) in [7, 11) is 0. The van der Waals surface area contributed by atoms with Crippen LogP contribution in [-0.2, 0) is 4.79 Å². The molecular formula is C23H20N4O2S2. The molecule has 0 bridgehead atoms. The van der Waals surface area contributed by atoms with Crippen molar-refractivity contribution < 1.29 is 9.53 Å². The minimum atomic E-state index is -0.114. The smallest absolute Gasteiger partial charge is 0.234 e. The molecular weight excluding hydrogens is 428 g/mol. The Kier molecular flexibility index (Phi) is 5.73. The quantitative estimate of drug-likeness (QED) is 0.342. The molecule has 156 valence electrons. The number of thioether (sulfide) groups is 1. The second-order valence-corrected chi connectivity index (χ2v) is 9.02. The van der Waals surface area contributed by atoms with Crippen LogP contribution >= 0.6 is 23.1 Å². The maximum Gasteiger partial charge on any atom is 0.234 e. The fourth-order valence-electron chi connectivity index (χ4n) is 3.20. The van der Waals surface area contributed by atoms with E-state index in [-0.39, 0.29) is 11.7 Å². The van der Waals surface area contributed by atoms with Crippen LogP contribution in [0.3, 0.4) is 0 Å². The van der Waals surface area contributed by atoms with Crippen LogP contribution in [0.15, 0.2) is 77.3 Å². The number of aromatic nitrogens is 3. The standard InChI is InChI=1S/C23H20N4O2S2/c28-21(24-18-9-4-5-10-19(18)29-17-7-2-1-3-8-17)15-31-23-26-25-22(20-11-6-14-30-20)27(23)16-12-13-16/h1-11,14,16H,12-13,15H2,(H,24,28). The van der Waals surface area contributed by atoms with Gasteiger partial charge in [0.25, 0.3) is 0 Å². The van der Waals surface area contributed by atoms with Gasteiger partial charge < -0.3 is 10.1 Å². The van der Waals surface area contributed by atoms with E-state index >= 15 is 0 Å². The Bertz CT molecular complexity index is 1170. The van der Waals surface area contributed by atoms with Crippen molar-refractivity contribution >= 4 is 34.7 Å². The number of carbonyl (C=O) groups excluding carboxylic acids is 1. The van der Waals surface area contributed by atoms with Crippen LogP contribution < -0.4 is 10.1 Å². The van der Waals surface area contributed by atoms with Gasteiger partial charge in [-0.1, -0.05) is 48.2 Å². The molecule has 2 heterocycles. The summed E-state index contributed by atoms with van der Waals surface area (Å²) in [5.41, 5.74) is 0.639. The summed E-state index contributed by atoms with van der Waals surface area (Å²) in [5.74, 6) is 2.35. The van der Waals surface area contributed by atoms with E-state index in [1.165, 1.54) is 11.8 Å². The largest absolute Gasteiger partial charge is 0.455 e. The lowest BCUT2D eigenvalue weighted by Crippen LogP contribution is -2.15. The Hall–Kier alpha value is -3.10. The lowest BCUT2D eigenvalue weighted by atomic mass is 10.3. The Morgan fingerprint density at radius 1 is 1.06 bits per heavy atom. The van der Waals surface area contributed by atoms with Crippen LogP contribution in [0.25, 0.3) is 10.7 Å². The second kappa shape index (κ2) is 8.95. The molecule has 1 aliphatic rings. The minimum absolute atomic E-state index is 0.114. The first-order chi connectivity index (χ1) is 15.3. The first-order valence-electron chi connectivity index (χ1n) is 10.0. The topological polar surface area (TPSA) is 69.0 Å². The number of rotatable bonds is 8. The van der Waals surface area contributed by atoms with Gasteiger partial charge in [0.05, 0.1) is 16.3 Å². The molecule has 2 aromatic carbocycles. The molecule has 8 heteroatoms. The number of hydrogen-bond acceptors (Lipinski definition) is 6. The van der Waals surface area contributed by atoms with Crippen molar-refractivity contribution in [3.8, 4) is 22.2 Å². The highest BCUT2D eigenvalue weighted by Gasteiger charge is 2.30. The van der Waals surface area contributed by atoms with E-state index in [0.717, 1.165) is 34.4 Å². The van der Waals surface area contributed by atoms with Crippen molar-refractivity contribution in [2.75, 3.05) is 11.1 Å². The van der Waals surface area contributed by atoms with Crippen LogP contribution in [-0.4, -0.2) is 26.4 Å². The summed E-state index contributed by atoms with van der Waals surface area (Å²) >= 11 is 3.06. The number of thiophene rings is 1. The summed E-state index contributed by atoms with van der Waals surface area (Å²) in [6.07, 6.45) is 2.25. The molecule has 0 spiro atoms. The molecule has 1 aliphatic carbocycles. The lowest BCUT2D eigenvalue weighted by molar-refractivity contribution is -0.113. The normalized spacial score (nSPS) is 13.2. The number of hydrogen-bond donors (Lipinski definition) is 1. The lowest BCUT2D eigenvalue weighted by Gasteiger charge is -2.12. The number of nitrogens with one attached hydrogen (secondary N) is 1. The summed E-state index contributed by atoms with van der Waals surface area (Å²) in [5, 5.41) is 14.5. The van der Waals surface area contributed by atoms with E-state index in [1.807, 2.05) is 66.0 Å². The molecule has 5 rings (SSSR count). The second-order valence-electron chi connectivity index (χ2n) is 7.13. The number of nitrogens with zero attached hydrogens (tertiary/aromatic N) is 3. The molecule has 0 aliphatic heterocycles. The van der Waals surface area contributed by atoms with E-state index in [1.54, 1.807) is 11.3 Å². The third-order valence-electron chi connectivity index (χ3n) is 4.78. The number of para-hydroxylation sites is 3. The van der Waals surface area contributed by atoms with Gasteiger partial charge in [0.1, 0.15) is 5.75 Å². The van der Waals surface area contributed by atoms with Gasteiger partial charge >= 0.3 is 0 Å². The van der Waals surface area contributed by atoms with Gasteiger partial charge in [-0.2, -0.15) is 0 Å². The first kappa shape index (κ1) is 19.8. The molecule has 4 aromatic rings. The zero-order valence-electron chi connectivity index (χ0n) is 16.6. The summed E-state index contributed by atoms with van der Waals surface area (Å²) in [6.45, 7) is 0. The fourth-order valence-corrected chi connectivity index (χ4v) is 4.71. The van der Waals surface area contributed by atoms with Crippen LogP contribution in [0.4, 0.5) is 5.69 Å². The Morgan fingerprint density at radius 2 is 1.87 bits per heavy atom. The van der Waals surface area contributed by atoms with Crippen molar-refractivity contribution in [3.63, 3.8) is 0 Å². The van der Waals surface area contributed by atoms with Crippen molar-refractivity contribution in [3.05, 3.63) is 72.1 Å². The van der Waals surface area contributed by atoms with Gasteiger partial charge in [-0.15, -0.1) is 21.5 Å². The highest BCUT2D eigenvalue weighted by atomic mass is 32.2. The maximum absolute atomic E-state index is 12.7. The van der Waals surface area contributed by atoms with Crippen molar-refractivity contribution in [1.82, 2.24) is 14.8 Å². The van der Waals surface area contributed by atoms with Gasteiger partial charge in [0.15, 0.2) is 16.7 Å². The molecule has 1 saturated carbocycles. The zero-order valence-corrected chi connectivity index (χ0v) is 18.2. The number of anilines is 1. The maximum atomic E-state index is 12.7. The molecule has 31 heavy (non-hydrogen) atoms. The van der Waals surface area contributed by atoms with E-state index < -0.39 is 0 Å². The summed E-state index contributed by atoms with van der Waals surface area (Å²) < 4.78 is 8.11. The van der Waals surface area contributed by atoms with Crippen LogP contribution in [0.5, 0.6) is 11.5 Å². The SMILES string of the molecule is O=C(CSc1nnc(-c2cccs2)n1C1CC1)Nc1ccccc1Oc1ccccc1. The molecule has 0 radical (unpaired) electrons. The average Bonchev–Trinajstić information content (AvgIpc) is 3.31. The van der Waals surface area contributed by atoms with Crippen molar-refractivity contribution in [2.24, 2.45) is 0 Å². The summed E-state index contributed by atoms with van der Waals surface area (Å²) in [4.78, 5) is 13.8. The third kappa shape index (κ3) is 4.65. The highest BCUT2D eigenvalue weighted by Crippen LogP contribution is 2.41. The third-order valence-corrected chi connectivity index (χ3v) is 6.59. The van der Waals surface area contributed by atoms with Gasteiger partial charge in [-0.3, -0.25) is 9.36 Å². The van der Waals surface area contributed by atoms with Gasteiger partial charge in [-0.05, 0) is 48.6 Å². The van der Waals surface area contributed by atoms with Crippen molar-refractivity contribution in [2.45, 2.75) is 24.0 Å². The number of benzene rings is 2. The summed E-state index contributed by atoms with van der Waals surface area (Å²) in [6, 6.07) is 21.4. The molecule has 0 saturated heterocycles. The number of carbonyl (C=O) groups is 1. The molecule has 1 fully saturated rings. The molecule has 2 aromatic heterocycles. The van der Waals surface area contributed by atoms with E-state index in [4.69, 9.17) is 4.74 Å². The van der Waals surface area contributed by atoms with Gasteiger partial charge in [0.2, 0.25) is 5.91 Å². The predicted octanol–water partition coefficient (Wildman–Crippen LogP) is 5.86. The predicted molar refractivity (Wildman–Crippen MR) is 124 cm³/mol. The minimum Gasteiger partial charge on any atom is -0.455 e. The average molecular weight is 449 g/mol. The highest BCUT2D eigenvalue weighted by molar-refractivity contribution is 7.99. The Morgan fingerprint density at radius 3 is 2.65 bits per heavy atom. The molecule has 6 nitrogen and oxygen atoms in total. The number of ether oxygens (including phenoxy) is 1. The van der Waals surface area contributed by atoms with Crippen LogP contribution in [0.2, 0.25) is 0 Å². The van der Waals surface area contributed by atoms with Gasteiger partial charge in [0, 0.05) is 6.04 Å². The van der Waals surface area contributed by atoms with E-state index in [0.29, 0.717) is 17.5 Å². The molecule has 0 atom stereocenters. The molecule has 0 unspecified atom stereocenters. The number of amides is 1. The monoisotopic (exact) mass is 448 g/mol. The molecule has 1 N–H and O–H groups in total. The van der Waals surface area contributed by atoms with Crippen LogP contribution in [0.1, 0.15) is 18.9 Å². The molecule has 1 amide bonds.